The van der Waals surface area contributed by atoms with Gasteiger partial charge in [0.1, 0.15) is 17.6 Å². The van der Waals surface area contributed by atoms with Gasteiger partial charge in [0.25, 0.3) is 0 Å². The number of fused-ring (bicyclic) bond motifs is 1. The number of ketones is 1. The molecule has 0 fully saturated rings. The molecule has 3 atom stereocenters. The second-order valence-corrected chi connectivity index (χ2v) is 10.5. The van der Waals surface area contributed by atoms with Gasteiger partial charge in [0.2, 0.25) is 12.7 Å². The second-order valence-electron chi connectivity index (χ2n) is 9.47. The van der Waals surface area contributed by atoms with Crippen LogP contribution in [0.1, 0.15) is 42.0 Å². The third-order valence-electron chi connectivity index (χ3n) is 7.32. The lowest BCUT2D eigenvalue weighted by Crippen LogP contribution is -2.46. The first kappa shape index (κ1) is 25.2. The molecule has 0 radical (unpaired) electrons. The molecule has 0 spiro atoms. The number of hydrogen-bond donors (Lipinski definition) is 0. The average Bonchev–Trinajstić information content (AvgIpc) is 3.61. The van der Waals surface area contributed by atoms with Crippen LogP contribution in [0.2, 0.25) is 0 Å². The number of anilines is 1. The molecule has 2 aromatic carbocycles. The molecule has 0 saturated heterocycles. The summed E-state index contributed by atoms with van der Waals surface area (Å²) in [4.78, 5) is 43.2. The number of hydrogen-bond acceptors (Lipinski definition) is 7. The van der Waals surface area contributed by atoms with Crippen LogP contribution in [0.4, 0.5) is 14.5 Å². The zero-order valence-electron chi connectivity index (χ0n) is 20.8. The van der Waals surface area contributed by atoms with Gasteiger partial charge in [-0.1, -0.05) is 12.1 Å². The van der Waals surface area contributed by atoms with Crippen LogP contribution in [0.15, 0.2) is 65.2 Å². The van der Waals surface area contributed by atoms with E-state index >= 15 is 4.39 Å². The molecule has 3 aliphatic rings. The topological polar surface area (TPSA) is 82.1 Å². The number of carbonyl (C=O) groups excluding carboxylic acids is 3. The minimum absolute atomic E-state index is 0.0559. The third-order valence-corrected chi connectivity index (χ3v) is 8.32. The smallest absolute Gasteiger partial charge is 0.317 e. The van der Waals surface area contributed by atoms with Gasteiger partial charge >= 0.3 is 5.97 Å². The van der Waals surface area contributed by atoms with Gasteiger partial charge in [-0.2, -0.15) is 0 Å². The van der Waals surface area contributed by atoms with E-state index in [0.717, 1.165) is 10.9 Å². The maximum atomic E-state index is 15.1. The molecule has 200 valence electrons. The summed E-state index contributed by atoms with van der Waals surface area (Å²) in [5.41, 5.74) is 1.02. The first-order chi connectivity index (χ1) is 18.9. The summed E-state index contributed by atoms with van der Waals surface area (Å²) >= 11 is 1.38. The summed E-state index contributed by atoms with van der Waals surface area (Å²) in [7, 11) is 0. The lowest BCUT2D eigenvalue weighted by atomic mass is 9.69. The molecule has 0 unspecified atom stereocenters. The maximum Gasteiger partial charge on any atom is 0.317 e. The van der Waals surface area contributed by atoms with E-state index in [1.165, 1.54) is 22.3 Å². The van der Waals surface area contributed by atoms with Crippen molar-refractivity contribution < 1.29 is 37.4 Å². The van der Waals surface area contributed by atoms with Crippen molar-refractivity contribution in [3.63, 3.8) is 0 Å². The molecule has 6 rings (SSSR count). The van der Waals surface area contributed by atoms with E-state index in [2.05, 4.69) is 0 Å². The van der Waals surface area contributed by atoms with Crippen LogP contribution in [-0.4, -0.2) is 31.1 Å². The van der Waals surface area contributed by atoms with Gasteiger partial charge in [-0.3, -0.25) is 19.3 Å². The van der Waals surface area contributed by atoms with Crippen LogP contribution in [-0.2, 0) is 19.1 Å². The van der Waals surface area contributed by atoms with Crippen LogP contribution < -0.4 is 14.4 Å². The van der Waals surface area contributed by atoms with Crippen molar-refractivity contribution in [2.24, 2.45) is 5.92 Å². The zero-order valence-corrected chi connectivity index (χ0v) is 21.6. The van der Waals surface area contributed by atoms with E-state index in [4.69, 9.17) is 14.2 Å². The molecule has 39 heavy (non-hydrogen) atoms. The highest BCUT2D eigenvalue weighted by Gasteiger charge is 2.50. The van der Waals surface area contributed by atoms with Crippen LogP contribution in [0.5, 0.6) is 11.5 Å². The van der Waals surface area contributed by atoms with Gasteiger partial charge in [0.05, 0.1) is 12.3 Å². The van der Waals surface area contributed by atoms with Crippen molar-refractivity contribution in [1.82, 2.24) is 0 Å². The number of nitrogens with zero attached hydrogens (tertiary/aromatic N) is 1. The molecule has 3 aromatic rings. The second kappa shape index (κ2) is 9.92. The predicted octanol–water partition coefficient (Wildman–Crippen LogP) is 5.47. The molecule has 1 aromatic heterocycles. The molecule has 0 saturated carbocycles. The predicted molar refractivity (Wildman–Crippen MR) is 138 cm³/mol. The van der Waals surface area contributed by atoms with Gasteiger partial charge in [0.15, 0.2) is 17.3 Å². The number of rotatable bonds is 5. The van der Waals surface area contributed by atoms with Crippen LogP contribution in [0.25, 0.3) is 0 Å². The molecule has 3 heterocycles. The van der Waals surface area contributed by atoms with E-state index in [0.29, 0.717) is 28.8 Å². The fourth-order valence-corrected chi connectivity index (χ4v) is 6.52. The fourth-order valence-electron chi connectivity index (χ4n) is 5.66. The van der Waals surface area contributed by atoms with Crippen molar-refractivity contribution in [1.29, 1.82) is 0 Å². The van der Waals surface area contributed by atoms with Gasteiger partial charge < -0.3 is 14.2 Å². The molecule has 2 aliphatic heterocycles. The average molecular weight is 552 g/mol. The molecule has 10 heteroatoms. The normalized spacial score (nSPS) is 22.2. The number of amides is 1. The highest BCUT2D eigenvalue weighted by Crippen LogP contribution is 2.51. The summed E-state index contributed by atoms with van der Waals surface area (Å²) in [5.74, 6) is -4.72. The number of ether oxygens (including phenoxy) is 3. The first-order valence-corrected chi connectivity index (χ1v) is 13.4. The molecule has 0 N–H and O–H groups in total. The maximum absolute atomic E-state index is 15.1. The van der Waals surface area contributed by atoms with Crippen molar-refractivity contribution in [2.75, 3.05) is 18.3 Å². The van der Waals surface area contributed by atoms with Gasteiger partial charge in [-0.15, -0.1) is 11.3 Å². The van der Waals surface area contributed by atoms with Crippen LogP contribution in [0.3, 0.4) is 0 Å². The van der Waals surface area contributed by atoms with E-state index in [1.54, 1.807) is 25.1 Å². The molecule has 0 bridgehead atoms. The number of carbonyl (C=O) groups is 3. The van der Waals surface area contributed by atoms with E-state index in [-0.39, 0.29) is 37.5 Å². The number of halogens is 2. The number of thiophene rings is 1. The Morgan fingerprint density at radius 1 is 1.08 bits per heavy atom. The molecule has 7 nitrogen and oxygen atoms in total. The Morgan fingerprint density at radius 2 is 1.90 bits per heavy atom. The van der Waals surface area contributed by atoms with Crippen molar-refractivity contribution in [3.05, 3.63) is 87.3 Å². The van der Waals surface area contributed by atoms with Crippen molar-refractivity contribution in [2.45, 2.75) is 31.6 Å². The van der Waals surface area contributed by atoms with Crippen molar-refractivity contribution in [3.8, 4) is 11.5 Å². The van der Waals surface area contributed by atoms with Gasteiger partial charge in [0, 0.05) is 40.5 Å². The summed E-state index contributed by atoms with van der Waals surface area (Å²) in [6.45, 7) is 1.83. The number of Topliss-reactive ketones (excluding diaryl/α,β-unsaturated/α-hetero) is 1. The minimum Gasteiger partial charge on any atom is -0.465 e. The molecule has 1 amide bonds. The SMILES string of the molecule is CCOC(=O)[C@H]1C(=O)C2=C(C[C@H]1c1cccs1)N(c1ccc(F)cc1F)C(=O)C[C@H]2c1ccc2c(c1)OCO2. The summed E-state index contributed by atoms with van der Waals surface area (Å²) in [6.07, 6.45) is -0.0606. The standard InChI is InChI=1S/C29H23F2NO6S/c1-2-36-29(35)27-18(24-4-3-9-39-24)12-21-26(28(27)34)17(15-5-8-22-23(10-15)38-14-37-22)13-25(33)32(21)20-7-6-16(30)11-19(20)31/h3-11,17-18,27H,2,12-14H2,1H3/t17-,18-,27+/m0/s1. The van der Waals surface area contributed by atoms with E-state index in [1.807, 2.05) is 17.5 Å². The Hall–Kier alpha value is -4.05. The number of esters is 1. The Labute approximate surface area is 226 Å². The minimum atomic E-state index is -1.13. The summed E-state index contributed by atoms with van der Waals surface area (Å²) in [5, 5.41) is 1.84. The fraction of sp³-hybridized carbons (Fsp3) is 0.276. The third kappa shape index (κ3) is 4.28. The van der Waals surface area contributed by atoms with E-state index < -0.39 is 47.0 Å². The Kier molecular flexibility index (Phi) is 6.42. The quantitative estimate of drug-likeness (QED) is 0.309. The Balaban J connectivity index is 1.55. The number of benzene rings is 2. The van der Waals surface area contributed by atoms with Crippen LogP contribution in [0, 0.1) is 17.6 Å². The first-order valence-electron chi connectivity index (χ1n) is 12.5. The summed E-state index contributed by atoms with van der Waals surface area (Å²) < 4.78 is 45.1. The zero-order chi connectivity index (χ0) is 27.3. The summed E-state index contributed by atoms with van der Waals surface area (Å²) in [6, 6.07) is 11.8. The van der Waals surface area contributed by atoms with E-state index in [9.17, 15) is 18.8 Å². The Morgan fingerprint density at radius 3 is 2.64 bits per heavy atom. The largest absolute Gasteiger partial charge is 0.465 e. The van der Waals surface area contributed by atoms with Gasteiger partial charge in [-0.05, 0) is 54.6 Å². The van der Waals surface area contributed by atoms with Crippen LogP contribution >= 0.6 is 11.3 Å². The van der Waals surface area contributed by atoms with Crippen molar-refractivity contribution >= 4 is 34.7 Å². The molecular formula is C29H23F2NO6S. The molecular weight excluding hydrogens is 528 g/mol. The highest BCUT2D eigenvalue weighted by molar-refractivity contribution is 7.10. The lowest BCUT2D eigenvalue weighted by molar-refractivity contribution is -0.152. The molecule has 1 aliphatic carbocycles. The highest BCUT2D eigenvalue weighted by atomic mass is 32.1. The Bertz CT molecular complexity index is 1520. The monoisotopic (exact) mass is 551 g/mol. The van der Waals surface area contributed by atoms with Gasteiger partial charge in [-0.25, -0.2) is 8.78 Å². The number of allylic oxidation sites excluding steroid dienone is 2. The lowest BCUT2D eigenvalue weighted by Gasteiger charge is -2.42.